The molecule has 2 nitrogen and oxygen atoms in total. The van der Waals surface area contributed by atoms with Crippen LogP contribution in [0.25, 0.3) is 0 Å². The normalized spacial score (nSPS) is 12.5. The molecule has 1 N–H and O–H groups in total. The van der Waals surface area contributed by atoms with Gasteiger partial charge in [-0.15, -0.1) is 0 Å². The second-order valence-electron chi connectivity index (χ2n) is 3.72. The first-order valence-corrected chi connectivity index (χ1v) is 7.20. The lowest BCUT2D eigenvalue weighted by Crippen LogP contribution is -2.25. The topological polar surface area (TPSA) is 21.3 Å². The van der Waals surface area contributed by atoms with Gasteiger partial charge < -0.3 is 10.1 Å². The van der Waals surface area contributed by atoms with Crippen LogP contribution in [0.5, 0.6) is 5.75 Å². The van der Waals surface area contributed by atoms with Crippen molar-refractivity contribution in [1.29, 1.82) is 0 Å². The summed E-state index contributed by atoms with van der Waals surface area (Å²) in [5.74, 6) is 0.932. The van der Waals surface area contributed by atoms with E-state index >= 15 is 0 Å². The first-order chi connectivity index (χ1) is 7.67. The molecule has 1 atom stereocenters. The van der Waals surface area contributed by atoms with Crippen LogP contribution in [0.2, 0.25) is 0 Å². The molecule has 0 aliphatic rings. The summed E-state index contributed by atoms with van der Waals surface area (Å²) in [5.41, 5.74) is 1.18. The van der Waals surface area contributed by atoms with Crippen LogP contribution >= 0.6 is 31.9 Å². The van der Waals surface area contributed by atoms with Crippen LogP contribution in [0.1, 0.15) is 18.9 Å². The van der Waals surface area contributed by atoms with E-state index in [1.807, 2.05) is 12.1 Å². The lowest BCUT2D eigenvalue weighted by molar-refractivity contribution is 0.405. The quantitative estimate of drug-likeness (QED) is 0.789. The van der Waals surface area contributed by atoms with Gasteiger partial charge in [-0.3, -0.25) is 0 Å². The molecule has 1 rings (SSSR count). The summed E-state index contributed by atoms with van der Waals surface area (Å²) >= 11 is 6.92. The van der Waals surface area contributed by atoms with Crippen LogP contribution in [0.4, 0.5) is 0 Å². The predicted molar refractivity (Wildman–Crippen MR) is 75.4 cm³/mol. The molecule has 1 aromatic carbocycles. The van der Waals surface area contributed by atoms with E-state index in [2.05, 4.69) is 50.2 Å². The molecule has 0 saturated carbocycles. The Morgan fingerprint density at radius 3 is 2.81 bits per heavy atom. The fourth-order valence-electron chi connectivity index (χ4n) is 1.44. The maximum absolute atomic E-state index is 5.32. The number of halogens is 2. The molecule has 1 aromatic rings. The summed E-state index contributed by atoms with van der Waals surface area (Å²) in [5, 5.41) is 4.50. The standard InChI is InChI=1S/C12H17Br2NO/c1-9(5-6-13)15-8-10-7-11(14)3-4-12(10)16-2/h3-4,7,9,15H,5-6,8H2,1-2H3. The maximum atomic E-state index is 5.32. The monoisotopic (exact) mass is 349 g/mol. The van der Waals surface area contributed by atoms with Gasteiger partial charge in [-0.2, -0.15) is 0 Å². The molecule has 4 heteroatoms. The third-order valence-corrected chi connectivity index (χ3v) is 3.38. The Morgan fingerprint density at radius 1 is 1.44 bits per heavy atom. The summed E-state index contributed by atoms with van der Waals surface area (Å²) in [4.78, 5) is 0. The molecule has 0 aromatic heterocycles. The zero-order valence-electron chi connectivity index (χ0n) is 9.59. The van der Waals surface area contributed by atoms with Crippen molar-refractivity contribution >= 4 is 31.9 Å². The van der Waals surface area contributed by atoms with Gasteiger partial charge >= 0.3 is 0 Å². The van der Waals surface area contributed by atoms with E-state index in [0.717, 1.165) is 28.5 Å². The summed E-state index contributed by atoms with van der Waals surface area (Å²) in [6.45, 7) is 3.02. The third kappa shape index (κ3) is 4.44. The van der Waals surface area contributed by atoms with Crippen molar-refractivity contribution in [3.05, 3.63) is 28.2 Å². The second-order valence-corrected chi connectivity index (χ2v) is 5.42. The Hall–Kier alpha value is -0.0600. The molecule has 0 aliphatic carbocycles. The SMILES string of the molecule is COc1ccc(Br)cc1CNC(C)CCBr. The first kappa shape index (κ1) is 14.0. The first-order valence-electron chi connectivity index (χ1n) is 5.29. The van der Waals surface area contributed by atoms with E-state index in [-0.39, 0.29) is 0 Å². The molecule has 0 spiro atoms. The van der Waals surface area contributed by atoms with Crippen molar-refractivity contribution in [3.63, 3.8) is 0 Å². The predicted octanol–water partition coefficient (Wildman–Crippen LogP) is 3.72. The summed E-state index contributed by atoms with van der Waals surface area (Å²) in [6, 6.07) is 6.57. The van der Waals surface area contributed by atoms with E-state index < -0.39 is 0 Å². The Balaban J connectivity index is 2.61. The van der Waals surface area contributed by atoms with Crippen molar-refractivity contribution in [2.45, 2.75) is 25.9 Å². The van der Waals surface area contributed by atoms with Crippen molar-refractivity contribution in [2.75, 3.05) is 12.4 Å². The molecule has 1 unspecified atom stereocenters. The fraction of sp³-hybridized carbons (Fsp3) is 0.500. The zero-order chi connectivity index (χ0) is 12.0. The molecule has 0 radical (unpaired) electrons. The number of hydrogen-bond acceptors (Lipinski definition) is 2. The van der Waals surface area contributed by atoms with Crippen molar-refractivity contribution in [3.8, 4) is 5.75 Å². The van der Waals surface area contributed by atoms with Gasteiger partial charge in [0.2, 0.25) is 0 Å². The van der Waals surface area contributed by atoms with Crippen molar-refractivity contribution in [2.24, 2.45) is 0 Å². The van der Waals surface area contributed by atoms with E-state index in [1.54, 1.807) is 7.11 Å². The fourth-order valence-corrected chi connectivity index (χ4v) is 2.53. The van der Waals surface area contributed by atoms with Crippen molar-refractivity contribution in [1.82, 2.24) is 5.32 Å². The molecular formula is C12H17Br2NO. The van der Waals surface area contributed by atoms with Gasteiger partial charge in [0.15, 0.2) is 0 Å². The Kier molecular flexibility index (Phi) is 6.39. The summed E-state index contributed by atoms with van der Waals surface area (Å²) in [6.07, 6.45) is 1.12. The zero-order valence-corrected chi connectivity index (χ0v) is 12.8. The van der Waals surface area contributed by atoms with E-state index in [4.69, 9.17) is 4.74 Å². The maximum Gasteiger partial charge on any atom is 0.123 e. The van der Waals surface area contributed by atoms with Crippen molar-refractivity contribution < 1.29 is 4.74 Å². The number of alkyl halides is 1. The molecule has 0 amide bonds. The minimum atomic E-state index is 0.503. The smallest absolute Gasteiger partial charge is 0.123 e. The minimum Gasteiger partial charge on any atom is -0.496 e. The van der Waals surface area contributed by atoms with Gasteiger partial charge in [0, 0.05) is 28.0 Å². The molecule has 90 valence electrons. The van der Waals surface area contributed by atoms with Gasteiger partial charge in [-0.25, -0.2) is 0 Å². The van der Waals surface area contributed by atoms with Gasteiger partial charge in [-0.05, 0) is 31.5 Å². The van der Waals surface area contributed by atoms with Crippen LogP contribution in [0, 0.1) is 0 Å². The molecule has 0 saturated heterocycles. The third-order valence-electron chi connectivity index (χ3n) is 2.43. The lowest BCUT2D eigenvalue weighted by atomic mass is 10.2. The minimum absolute atomic E-state index is 0.503. The number of nitrogens with one attached hydrogen (secondary N) is 1. The molecule has 0 bridgehead atoms. The highest BCUT2D eigenvalue weighted by Crippen LogP contribution is 2.22. The molecule has 0 heterocycles. The highest BCUT2D eigenvalue weighted by atomic mass is 79.9. The average molecular weight is 351 g/mol. The lowest BCUT2D eigenvalue weighted by Gasteiger charge is -2.14. The molecule has 0 aliphatic heterocycles. The van der Waals surface area contributed by atoms with E-state index in [1.165, 1.54) is 5.56 Å². The van der Waals surface area contributed by atoms with Crippen LogP contribution in [-0.2, 0) is 6.54 Å². The largest absolute Gasteiger partial charge is 0.496 e. The van der Waals surface area contributed by atoms with Gasteiger partial charge in [0.05, 0.1) is 7.11 Å². The second kappa shape index (κ2) is 7.30. The number of ether oxygens (including phenoxy) is 1. The number of methoxy groups -OCH3 is 1. The summed E-state index contributed by atoms with van der Waals surface area (Å²) < 4.78 is 6.40. The number of rotatable bonds is 6. The van der Waals surface area contributed by atoms with Gasteiger partial charge in [0.25, 0.3) is 0 Å². The summed E-state index contributed by atoms with van der Waals surface area (Å²) in [7, 11) is 1.70. The Labute approximate surface area is 114 Å². The van der Waals surface area contributed by atoms with E-state index in [0.29, 0.717) is 6.04 Å². The molecular weight excluding hydrogens is 334 g/mol. The van der Waals surface area contributed by atoms with Gasteiger partial charge in [-0.1, -0.05) is 31.9 Å². The number of benzene rings is 1. The van der Waals surface area contributed by atoms with Crippen LogP contribution in [-0.4, -0.2) is 18.5 Å². The van der Waals surface area contributed by atoms with Gasteiger partial charge in [0.1, 0.15) is 5.75 Å². The number of hydrogen-bond donors (Lipinski definition) is 1. The van der Waals surface area contributed by atoms with Crippen LogP contribution < -0.4 is 10.1 Å². The van der Waals surface area contributed by atoms with Crippen LogP contribution in [0.15, 0.2) is 22.7 Å². The highest BCUT2D eigenvalue weighted by molar-refractivity contribution is 9.10. The highest BCUT2D eigenvalue weighted by Gasteiger charge is 2.05. The Morgan fingerprint density at radius 2 is 2.19 bits per heavy atom. The van der Waals surface area contributed by atoms with E-state index in [9.17, 15) is 0 Å². The average Bonchev–Trinajstić information content (AvgIpc) is 2.27. The molecule has 0 fully saturated rings. The van der Waals surface area contributed by atoms with Crippen LogP contribution in [0.3, 0.4) is 0 Å². The Bertz CT molecular complexity index is 331. The molecule has 16 heavy (non-hydrogen) atoms.